The van der Waals surface area contributed by atoms with Crippen molar-refractivity contribution in [3.8, 4) is 0 Å². The molecule has 1 rings (SSSR count). The summed E-state index contributed by atoms with van der Waals surface area (Å²) >= 11 is 3.33. The molecule has 0 aliphatic heterocycles. The lowest BCUT2D eigenvalue weighted by atomic mass is 9.99. The molecule has 0 aliphatic carbocycles. The normalized spacial score (nSPS) is 12.7. The van der Waals surface area contributed by atoms with Gasteiger partial charge in [-0.1, -0.05) is 42.3 Å². The first-order chi connectivity index (χ1) is 10.5. The van der Waals surface area contributed by atoms with Crippen LogP contribution in [0.2, 0.25) is 0 Å². The van der Waals surface area contributed by atoms with Gasteiger partial charge in [0.05, 0.1) is 6.04 Å². The summed E-state index contributed by atoms with van der Waals surface area (Å²) < 4.78 is 0.867. The van der Waals surface area contributed by atoms with Crippen LogP contribution >= 0.6 is 28.3 Å². The lowest BCUT2D eigenvalue weighted by Crippen LogP contribution is -2.45. The van der Waals surface area contributed by atoms with Gasteiger partial charge < -0.3 is 16.4 Å². The molecule has 130 valence electrons. The molecule has 2 unspecified atom stereocenters. The Balaban J connectivity index is 0.00000484. The smallest absolute Gasteiger partial charge is 0.251 e. The minimum atomic E-state index is -0.471. The summed E-state index contributed by atoms with van der Waals surface area (Å²) in [5.74, 6) is -0.0900. The summed E-state index contributed by atoms with van der Waals surface area (Å²) in [5, 5.41) is 5.62. The fourth-order valence-corrected chi connectivity index (χ4v) is 2.26. The Bertz CT molecular complexity index is 514. The number of nitrogens with two attached hydrogens (primary N) is 1. The maximum Gasteiger partial charge on any atom is 0.251 e. The second kappa shape index (κ2) is 11.4. The second-order valence-electron chi connectivity index (χ2n) is 5.32. The van der Waals surface area contributed by atoms with Crippen LogP contribution in [0.15, 0.2) is 28.7 Å². The van der Waals surface area contributed by atoms with Crippen molar-refractivity contribution in [1.29, 1.82) is 0 Å². The van der Waals surface area contributed by atoms with Crippen molar-refractivity contribution in [3.05, 3.63) is 34.3 Å². The topological polar surface area (TPSA) is 84.2 Å². The number of carbonyl (C=O) groups excluding carboxylic acids is 2. The molecule has 0 aromatic heterocycles. The fourth-order valence-electron chi connectivity index (χ4n) is 1.86. The second-order valence-corrected chi connectivity index (χ2v) is 6.24. The van der Waals surface area contributed by atoms with Crippen molar-refractivity contribution in [1.82, 2.24) is 10.6 Å². The third-order valence-electron chi connectivity index (χ3n) is 3.58. The van der Waals surface area contributed by atoms with Gasteiger partial charge in [-0.25, -0.2) is 0 Å². The van der Waals surface area contributed by atoms with Crippen LogP contribution in [0.25, 0.3) is 0 Å². The predicted octanol–water partition coefficient (Wildman–Crippen LogP) is 2.48. The minimum absolute atomic E-state index is 0. The molecule has 0 spiro atoms. The molecule has 0 fully saturated rings. The van der Waals surface area contributed by atoms with Crippen molar-refractivity contribution in [3.63, 3.8) is 0 Å². The third-order valence-corrected chi connectivity index (χ3v) is 4.08. The number of amides is 2. The van der Waals surface area contributed by atoms with E-state index >= 15 is 0 Å². The van der Waals surface area contributed by atoms with Gasteiger partial charge in [-0.15, -0.1) is 12.4 Å². The van der Waals surface area contributed by atoms with Crippen molar-refractivity contribution in [2.45, 2.75) is 32.7 Å². The number of nitrogens with one attached hydrogen (secondary N) is 2. The van der Waals surface area contributed by atoms with E-state index in [0.717, 1.165) is 10.9 Å². The van der Waals surface area contributed by atoms with E-state index in [1.165, 1.54) is 0 Å². The lowest BCUT2D eigenvalue weighted by Gasteiger charge is -2.17. The third kappa shape index (κ3) is 7.81. The molecule has 7 heteroatoms. The molecule has 0 bridgehead atoms. The summed E-state index contributed by atoms with van der Waals surface area (Å²) in [6, 6.07) is 6.73. The summed E-state index contributed by atoms with van der Waals surface area (Å²) in [6.45, 7) is 4.98. The zero-order valence-electron chi connectivity index (χ0n) is 13.5. The van der Waals surface area contributed by atoms with Crippen molar-refractivity contribution >= 4 is 40.2 Å². The van der Waals surface area contributed by atoms with E-state index in [0.29, 0.717) is 25.1 Å². The average Bonchev–Trinajstić information content (AvgIpc) is 2.52. The first-order valence-electron chi connectivity index (χ1n) is 7.52. The zero-order chi connectivity index (χ0) is 16.5. The molecule has 5 nitrogen and oxygen atoms in total. The first-order valence-corrected chi connectivity index (χ1v) is 8.32. The molecule has 2 atom stereocenters. The molecule has 0 saturated heterocycles. The summed E-state index contributed by atoms with van der Waals surface area (Å²) in [5.41, 5.74) is 6.45. The molecule has 0 heterocycles. The monoisotopic (exact) mass is 405 g/mol. The highest BCUT2D eigenvalue weighted by atomic mass is 79.9. The summed E-state index contributed by atoms with van der Waals surface area (Å²) in [4.78, 5) is 23.7. The molecule has 23 heavy (non-hydrogen) atoms. The fraction of sp³-hybridized carbons (Fsp3) is 0.500. The molecular weight excluding hydrogens is 382 g/mol. The minimum Gasteiger partial charge on any atom is -0.355 e. The van der Waals surface area contributed by atoms with E-state index in [1.807, 2.05) is 26.0 Å². The van der Waals surface area contributed by atoms with Crippen LogP contribution in [0.4, 0.5) is 0 Å². The Morgan fingerprint density at radius 1 is 1.26 bits per heavy atom. The lowest BCUT2D eigenvalue weighted by molar-refractivity contribution is -0.123. The average molecular weight is 407 g/mol. The standard InChI is InChI=1S/C16H24BrN3O2.ClH/c1-3-11(2)14(18)16(22)20-9-5-8-19-15(21)12-6-4-7-13(17)10-12;/h4,6-7,10-11,14H,3,5,8-9,18H2,1-2H3,(H,19,21)(H,20,22);1H. The Morgan fingerprint density at radius 3 is 2.52 bits per heavy atom. The van der Waals surface area contributed by atoms with Crippen LogP contribution in [0.3, 0.4) is 0 Å². The predicted molar refractivity (Wildman–Crippen MR) is 98.8 cm³/mol. The van der Waals surface area contributed by atoms with Crippen LogP contribution in [-0.4, -0.2) is 30.9 Å². The maximum atomic E-state index is 11.9. The van der Waals surface area contributed by atoms with E-state index < -0.39 is 6.04 Å². The Labute approximate surface area is 152 Å². The van der Waals surface area contributed by atoms with Crippen molar-refractivity contribution < 1.29 is 9.59 Å². The van der Waals surface area contributed by atoms with E-state index in [1.54, 1.807) is 12.1 Å². The van der Waals surface area contributed by atoms with Gasteiger partial charge in [-0.3, -0.25) is 9.59 Å². The Kier molecular flexibility index (Phi) is 10.9. The van der Waals surface area contributed by atoms with Gasteiger partial charge in [0.1, 0.15) is 0 Å². The highest BCUT2D eigenvalue weighted by Crippen LogP contribution is 2.11. The molecule has 1 aromatic carbocycles. The summed E-state index contributed by atoms with van der Waals surface area (Å²) in [7, 11) is 0. The quantitative estimate of drug-likeness (QED) is 0.580. The molecular formula is C16H25BrClN3O2. The van der Waals surface area contributed by atoms with Gasteiger partial charge in [0.2, 0.25) is 5.91 Å². The van der Waals surface area contributed by atoms with Gasteiger partial charge in [0.25, 0.3) is 5.91 Å². The number of halogens is 2. The Hall–Kier alpha value is -1.11. The molecule has 0 aliphatic rings. The van der Waals surface area contributed by atoms with Crippen LogP contribution in [0.5, 0.6) is 0 Å². The molecule has 4 N–H and O–H groups in total. The SMILES string of the molecule is CCC(C)C(N)C(=O)NCCCNC(=O)c1cccc(Br)c1.Cl. The molecule has 0 saturated carbocycles. The van der Waals surface area contributed by atoms with Crippen molar-refractivity contribution in [2.24, 2.45) is 11.7 Å². The van der Waals surface area contributed by atoms with Gasteiger partial charge in [0, 0.05) is 23.1 Å². The van der Waals surface area contributed by atoms with E-state index in [2.05, 4.69) is 26.6 Å². The van der Waals surface area contributed by atoms with Crippen LogP contribution < -0.4 is 16.4 Å². The van der Waals surface area contributed by atoms with Gasteiger partial charge in [-0.2, -0.15) is 0 Å². The molecule has 1 aromatic rings. The summed E-state index contributed by atoms with van der Waals surface area (Å²) in [6.07, 6.45) is 1.54. The van der Waals surface area contributed by atoms with Crippen molar-refractivity contribution in [2.75, 3.05) is 13.1 Å². The molecule has 0 radical (unpaired) electrons. The number of benzene rings is 1. The number of carbonyl (C=O) groups is 2. The first kappa shape index (κ1) is 21.9. The maximum absolute atomic E-state index is 11.9. The highest BCUT2D eigenvalue weighted by Gasteiger charge is 2.18. The zero-order valence-corrected chi connectivity index (χ0v) is 15.9. The van der Waals surface area contributed by atoms with E-state index in [9.17, 15) is 9.59 Å². The Morgan fingerprint density at radius 2 is 1.91 bits per heavy atom. The number of rotatable bonds is 8. The highest BCUT2D eigenvalue weighted by molar-refractivity contribution is 9.10. The van der Waals surface area contributed by atoms with E-state index in [4.69, 9.17) is 5.73 Å². The number of hydrogen-bond acceptors (Lipinski definition) is 3. The number of hydrogen-bond donors (Lipinski definition) is 3. The van der Waals surface area contributed by atoms with Gasteiger partial charge in [0.15, 0.2) is 0 Å². The largest absolute Gasteiger partial charge is 0.355 e. The van der Waals surface area contributed by atoms with Gasteiger partial charge >= 0.3 is 0 Å². The molecule has 2 amide bonds. The van der Waals surface area contributed by atoms with E-state index in [-0.39, 0.29) is 30.1 Å². The van der Waals surface area contributed by atoms with Gasteiger partial charge in [-0.05, 0) is 30.5 Å². The van der Waals surface area contributed by atoms with Crippen LogP contribution in [-0.2, 0) is 4.79 Å². The van der Waals surface area contributed by atoms with Crippen LogP contribution in [0.1, 0.15) is 37.0 Å². The van der Waals surface area contributed by atoms with Crippen LogP contribution in [0, 0.1) is 5.92 Å².